The fraction of sp³-hybridized carbons (Fsp3) is 0.550. The minimum absolute atomic E-state index is 0.126. The molecule has 142 valence electrons. The Balaban J connectivity index is 1.69. The normalized spacial score (nSPS) is 15.4. The van der Waals surface area contributed by atoms with Crippen molar-refractivity contribution in [1.82, 2.24) is 10.6 Å². The number of carbonyl (C=O) groups is 3. The number of benzene rings is 1. The Morgan fingerprint density at radius 3 is 2.42 bits per heavy atom. The number of nitrogens with two attached hydrogens (primary N) is 1. The number of primary amides is 1. The first-order valence-electron chi connectivity index (χ1n) is 9.44. The SMILES string of the molecule is NC(=O)[C@@H](CC(=O)NCCc1ccccc1)NC(=O)CCC1CCCC1. The predicted octanol–water partition coefficient (Wildman–Crippen LogP) is 1.68. The molecule has 1 fully saturated rings. The minimum Gasteiger partial charge on any atom is -0.368 e. The summed E-state index contributed by atoms with van der Waals surface area (Å²) < 4.78 is 0. The van der Waals surface area contributed by atoms with Crippen molar-refractivity contribution < 1.29 is 14.4 Å². The van der Waals surface area contributed by atoms with Crippen LogP contribution in [0.2, 0.25) is 0 Å². The lowest BCUT2D eigenvalue weighted by atomic mass is 10.0. The van der Waals surface area contributed by atoms with Crippen molar-refractivity contribution >= 4 is 17.7 Å². The zero-order chi connectivity index (χ0) is 18.8. The van der Waals surface area contributed by atoms with Crippen LogP contribution in [0.1, 0.15) is 50.5 Å². The van der Waals surface area contributed by atoms with Gasteiger partial charge in [0.15, 0.2) is 0 Å². The standard InChI is InChI=1S/C20H29N3O3/c21-20(26)17(23-18(24)11-10-15-8-4-5-9-15)14-19(25)22-13-12-16-6-2-1-3-7-16/h1-3,6-7,15,17H,4-5,8-14H2,(H2,21,26)(H,22,25)(H,23,24)/t17-/m1/s1. The number of amides is 3. The van der Waals surface area contributed by atoms with Gasteiger partial charge in [0.05, 0.1) is 6.42 Å². The van der Waals surface area contributed by atoms with E-state index in [1.54, 1.807) is 0 Å². The zero-order valence-electron chi connectivity index (χ0n) is 15.2. The largest absolute Gasteiger partial charge is 0.368 e. The summed E-state index contributed by atoms with van der Waals surface area (Å²) in [5.74, 6) is -0.579. The summed E-state index contributed by atoms with van der Waals surface area (Å²) in [6.45, 7) is 0.476. The average Bonchev–Trinajstić information content (AvgIpc) is 3.14. The molecule has 26 heavy (non-hydrogen) atoms. The summed E-state index contributed by atoms with van der Waals surface area (Å²) in [5.41, 5.74) is 6.46. The van der Waals surface area contributed by atoms with Gasteiger partial charge in [-0.2, -0.15) is 0 Å². The molecule has 0 radical (unpaired) electrons. The molecule has 6 heteroatoms. The second kappa shape index (κ2) is 10.6. The number of rotatable bonds is 10. The maximum atomic E-state index is 12.0. The summed E-state index contributed by atoms with van der Waals surface area (Å²) >= 11 is 0. The van der Waals surface area contributed by atoms with Crippen LogP contribution in [0.3, 0.4) is 0 Å². The van der Waals surface area contributed by atoms with Crippen molar-refractivity contribution in [3.8, 4) is 0 Å². The molecule has 1 saturated carbocycles. The summed E-state index contributed by atoms with van der Waals surface area (Å²) in [7, 11) is 0. The first-order chi connectivity index (χ1) is 12.5. The van der Waals surface area contributed by atoms with E-state index in [4.69, 9.17) is 5.73 Å². The Bertz CT molecular complexity index is 598. The molecule has 0 unspecified atom stereocenters. The highest BCUT2D eigenvalue weighted by Crippen LogP contribution is 2.28. The van der Waals surface area contributed by atoms with Gasteiger partial charge in [0.25, 0.3) is 0 Å². The number of nitrogens with one attached hydrogen (secondary N) is 2. The van der Waals surface area contributed by atoms with Crippen LogP contribution in [0.5, 0.6) is 0 Å². The van der Waals surface area contributed by atoms with E-state index in [0.29, 0.717) is 25.3 Å². The maximum absolute atomic E-state index is 12.0. The first-order valence-corrected chi connectivity index (χ1v) is 9.44. The van der Waals surface area contributed by atoms with Crippen LogP contribution in [-0.4, -0.2) is 30.3 Å². The molecule has 0 spiro atoms. The molecule has 1 atom stereocenters. The van der Waals surface area contributed by atoms with Crippen molar-refractivity contribution in [2.75, 3.05) is 6.54 Å². The average molecular weight is 359 g/mol. The number of hydrogen-bond acceptors (Lipinski definition) is 3. The van der Waals surface area contributed by atoms with Crippen molar-refractivity contribution in [3.63, 3.8) is 0 Å². The summed E-state index contributed by atoms with van der Waals surface area (Å²) in [5, 5.41) is 5.37. The monoisotopic (exact) mass is 359 g/mol. The molecule has 2 rings (SSSR count). The van der Waals surface area contributed by atoms with Crippen molar-refractivity contribution in [2.45, 2.75) is 57.4 Å². The first kappa shape index (κ1) is 19.9. The highest BCUT2D eigenvalue weighted by molar-refractivity contribution is 5.91. The number of carbonyl (C=O) groups excluding carboxylic acids is 3. The van der Waals surface area contributed by atoms with Gasteiger partial charge in [0, 0.05) is 13.0 Å². The van der Waals surface area contributed by atoms with Crippen LogP contribution in [0.15, 0.2) is 30.3 Å². The van der Waals surface area contributed by atoms with E-state index >= 15 is 0 Å². The van der Waals surface area contributed by atoms with Gasteiger partial charge in [-0.15, -0.1) is 0 Å². The maximum Gasteiger partial charge on any atom is 0.240 e. The smallest absolute Gasteiger partial charge is 0.240 e. The molecule has 4 N–H and O–H groups in total. The van der Waals surface area contributed by atoms with Crippen LogP contribution in [-0.2, 0) is 20.8 Å². The van der Waals surface area contributed by atoms with Crippen LogP contribution in [0.4, 0.5) is 0 Å². The summed E-state index contributed by atoms with van der Waals surface area (Å²) in [6.07, 6.45) is 6.62. The lowest BCUT2D eigenvalue weighted by molar-refractivity contribution is -0.130. The summed E-state index contributed by atoms with van der Waals surface area (Å²) in [6, 6.07) is 8.85. The van der Waals surface area contributed by atoms with Crippen LogP contribution >= 0.6 is 0 Å². The molecule has 1 aromatic rings. The van der Waals surface area contributed by atoms with Gasteiger partial charge in [0.2, 0.25) is 17.7 Å². The fourth-order valence-electron chi connectivity index (χ4n) is 3.37. The van der Waals surface area contributed by atoms with E-state index in [1.165, 1.54) is 25.7 Å². The molecule has 0 heterocycles. The second-order valence-corrected chi connectivity index (χ2v) is 7.00. The fourth-order valence-corrected chi connectivity index (χ4v) is 3.37. The molecule has 1 aliphatic rings. The van der Waals surface area contributed by atoms with Crippen molar-refractivity contribution in [1.29, 1.82) is 0 Å². The van der Waals surface area contributed by atoms with Gasteiger partial charge in [0.1, 0.15) is 6.04 Å². The van der Waals surface area contributed by atoms with Crippen LogP contribution < -0.4 is 16.4 Å². The molecule has 1 aromatic carbocycles. The van der Waals surface area contributed by atoms with Gasteiger partial charge in [-0.1, -0.05) is 56.0 Å². The lowest BCUT2D eigenvalue weighted by Crippen LogP contribution is -2.47. The zero-order valence-corrected chi connectivity index (χ0v) is 15.2. The third-order valence-corrected chi connectivity index (χ3v) is 4.90. The Morgan fingerprint density at radius 2 is 1.77 bits per heavy atom. The van der Waals surface area contributed by atoms with Crippen molar-refractivity contribution in [2.24, 2.45) is 11.7 Å². The van der Waals surface area contributed by atoms with E-state index in [-0.39, 0.29) is 18.2 Å². The lowest BCUT2D eigenvalue weighted by Gasteiger charge is -2.16. The van der Waals surface area contributed by atoms with Gasteiger partial charge < -0.3 is 16.4 Å². The predicted molar refractivity (Wildman–Crippen MR) is 100 cm³/mol. The third kappa shape index (κ3) is 7.25. The van der Waals surface area contributed by atoms with Crippen molar-refractivity contribution in [3.05, 3.63) is 35.9 Å². The second-order valence-electron chi connectivity index (χ2n) is 7.00. The van der Waals surface area contributed by atoms with Crippen LogP contribution in [0, 0.1) is 5.92 Å². The molecule has 6 nitrogen and oxygen atoms in total. The van der Waals surface area contributed by atoms with Crippen LogP contribution in [0.25, 0.3) is 0 Å². The van der Waals surface area contributed by atoms with E-state index in [2.05, 4.69) is 10.6 Å². The molecule has 0 aliphatic heterocycles. The minimum atomic E-state index is -0.956. The highest BCUT2D eigenvalue weighted by atomic mass is 16.2. The summed E-state index contributed by atoms with van der Waals surface area (Å²) in [4.78, 5) is 35.6. The quantitative estimate of drug-likeness (QED) is 0.592. The third-order valence-electron chi connectivity index (χ3n) is 4.90. The Morgan fingerprint density at radius 1 is 1.08 bits per heavy atom. The van der Waals surface area contributed by atoms with Gasteiger partial charge in [-0.25, -0.2) is 0 Å². The van der Waals surface area contributed by atoms with E-state index in [0.717, 1.165) is 12.0 Å². The van der Waals surface area contributed by atoms with Gasteiger partial charge in [-0.3, -0.25) is 14.4 Å². The Hall–Kier alpha value is -2.37. The topological polar surface area (TPSA) is 101 Å². The molecular weight excluding hydrogens is 330 g/mol. The molecule has 3 amide bonds. The van der Waals surface area contributed by atoms with E-state index in [9.17, 15) is 14.4 Å². The highest BCUT2D eigenvalue weighted by Gasteiger charge is 2.22. The van der Waals surface area contributed by atoms with E-state index in [1.807, 2.05) is 30.3 Å². The van der Waals surface area contributed by atoms with Gasteiger partial charge in [-0.05, 0) is 24.3 Å². The molecule has 1 aliphatic carbocycles. The van der Waals surface area contributed by atoms with E-state index < -0.39 is 11.9 Å². The molecule has 0 bridgehead atoms. The molecule has 0 aromatic heterocycles. The number of hydrogen-bond donors (Lipinski definition) is 3. The van der Waals surface area contributed by atoms with Gasteiger partial charge >= 0.3 is 0 Å². The Labute approximate surface area is 154 Å². The Kier molecular flexibility index (Phi) is 8.12. The molecular formula is C20H29N3O3. The molecule has 0 saturated heterocycles.